The lowest BCUT2D eigenvalue weighted by Gasteiger charge is -2.38. The number of likely N-dealkylation sites (tertiary alicyclic amines) is 1. The largest absolute Gasteiger partial charge is 0.481 e. The molecular weight excluding hydrogens is 244 g/mol. The Bertz CT molecular complexity index is 353. The third kappa shape index (κ3) is 3.01. The van der Waals surface area contributed by atoms with E-state index in [-0.39, 0.29) is 18.6 Å². The molecule has 5 heteroatoms. The summed E-state index contributed by atoms with van der Waals surface area (Å²) in [5.74, 6) is -0.775. The minimum absolute atomic E-state index is 0.0954. The zero-order valence-electron chi connectivity index (χ0n) is 11.7. The highest BCUT2D eigenvalue weighted by atomic mass is 16.4. The molecule has 1 atom stereocenters. The lowest BCUT2D eigenvalue weighted by atomic mass is 9.69. The summed E-state index contributed by atoms with van der Waals surface area (Å²) in [7, 11) is 0. The maximum atomic E-state index is 12.2. The molecule has 2 fully saturated rings. The summed E-state index contributed by atoms with van der Waals surface area (Å²) >= 11 is 0. The van der Waals surface area contributed by atoms with Crippen LogP contribution in [0.1, 0.15) is 51.9 Å². The quantitative estimate of drug-likeness (QED) is 0.824. The van der Waals surface area contributed by atoms with Gasteiger partial charge in [-0.3, -0.25) is 4.79 Å². The molecule has 0 aromatic heterocycles. The molecule has 108 valence electrons. The van der Waals surface area contributed by atoms with Gasteiger partial charge in [-0.05, 0) is 32.6 Å². The van der Waals surface area contributed by atoms with Crippen LogP contribution in [0.4, 0.5) is 4.79 Å². The van der Waals surface area contributed by atoms with Crippen LogP contribution in [0.3, 0.4) is 0 Å². The lowest BCUT2D eigenvalue weighted by Crippen LogP contribution is -2.52. The maximum Gasteiger partial charge on any atom is 0.317 e. The van der Waals surface area contributed by atoms with Crippen molar-refractivity contribution in [3.8, 4) is 0 Å². The van der Waals surface area contributed by atoms with E-state index in [0.717, 1.165) is 25.8 Å². The number of carboxylic acids is 1. The van der Waals surface area contributed by atoms with Crippen LogP contribution in [0, 0.1) is 5.41 Å². The topological polar surface area (TPSA) is 69.6 Å². The van der Waals surface area contributed by atoms with Crippen LogP contribution in [0.5, 0.6) is 0 Å². The number of rotatable bonds is 3. The van der Waals surface area contributed by atoms with Gasteiger partial charge in [0, 0.05) is 19.1 Å². The van der Waals surface area contributed by atoms with Gasteiger partial charge in [-0.2, -0.15) is 0 Å². The average molecular weight is 268 g/mol. The minimum Gasteiger partial charge on any atom is -0.481 e. The Morgan fingerprint density at radius 3 is 2.58 bits per heavy atom. The normalized spacial score (nSPS) is 26.2. The summed E-state index contributed by atoms with van der Waals surface area (Å²) in [4.78, 5) is 25.3. The maximum absolute atomic E-state index is 12.2. The first kappa shape index (κ1) is 14.2. The molecule has 0 bridgehead atoms. The number of urea groups is 1. The van der Waals surface area contributed by atoms with Gasteiger partial charge in [0.2, 0.25) is 0 Å². The highest BCUT2D eigenvalue weighted by Crippen LogP contribution is 2.40. The van der Waals surface area contributed by atoms with Gasteiger partial charge in [-0.1, -0.05) is 19.3 Å². The zero-order chi connectivity index (χ0) is 13.9. The zero-order valence-corrected chi connectivity index (χ0v) is 11.7. The van der Waals surface area contributed by atoms with E-state index < -0.39 is 11.4 Å². The number of nitrogens with one attached hydrogen (secondary N) is 1. The molecule has 1 unspecified atom stereocenters. The summed E-state index contributed by atoms with van der Waals surface area (Å²) in [6, 6.07) is 0.159. The summed E-state index contributed by atoms with van der Waals surface area (Å²) in [5, 5.41) is 12.1. The number of hydrogen-bond donors (Lipinski definition) is 2. The molecule has 2 rings (SSSR count). The fourth-order valence-electron chi connectivity index (χ4n) is 2.99. The van der Waals surface area contributed by atoms with E-state index >= 15 is 0 Å². The molecule has 1 saturated carbocycles. The van der Waals surface area contributed by atoms with Gasteiger partial charge in [-0.25, -0.2) is 4.79 Å². The van der Waals surface area contributed by atoms with Crippen molar-refractivity contribution in [3.63, 3.8) is 0 Å². The Kier molecular flexibility index (Phi) is 4.32. The third-order valence-electron chi connectivity index (χ3n) is 4.66. The van der Waals surface area contributed by atoms with Crippen molar-refractivity contribution in [2.24, 2.45) is 5.41 Å². The van der Waals surface area contributed by atoms with E-state index in [2.05, 4.69) is 12.2 Å². The summed E-state index contributed by atoms with van der Waals surface area (Å²) < 4.78 is 0. The van der Waals surface area contributed by atoms with Gasteiger partial charge in [0.05, 0.1) is 5.41 Å². The highest BCUT2D eigenvalue weighted by Gasteiger charge is 2.44. The minimum atomic E-state index is -0.775. The standard InChI is InChI=1S/C14H24N2O3/c1-11-6-3-2-4-9-16(11)13(19)15-10-14(12(17)18)7-5-8-14/h11H,2-10H2,1H3,(H,15,19)(H,17,18). The Morgan fingerprint density at radius 1 is 1.26 bits per heavy atom. The van der Waals surface area contributed by atoms with Gasteiger partial charge in [0.25, 0.3) is 0 Å². The summed E-state index contributed by atoms with van der Waals surface area (Å²) in [6.07, 6.45) is 6.73. The van der Waals surface area contributed by atoms with Crippen LogP contribution >= 0.6 is 0 Å². The van der Waals surface area contributed by atoms with Crippen LogP contribution in [-0.4, -0.2) is 41.1 Å². The number of amides is 2. The number of carbonyl (C=O) groups is 2. The highest BCUT2D eigenvalue weighted by molar-refractivity contribution is 5.79. The third-order valence-corrected chi connectivity index (χ3v) is 4.66. The summed E-state index contributed by atoms with van der Waals surface area (Å²) in [6.45, 7) is 3.12. The van der Waals surface area contributed by atoms with E-state index in [1.54, 1.807) is 0 Å². The molecule has 0 aromatic carbocycles. The molecule has 1 aliphatic heterocycles. The van der Waals surface area contributed by atoms with E-state index in [4.69, 9.17) is 0 Å². The van der Waals surface area contributed by atoms with Gasteiger partial charge in [0.1, 0.15) is 0 Å². The second-order valence-corrected chi connectivity index (χ2v) is 5.99. The van der Waals surface area contributed by atoms with E-state index in [1.807, 2.05) is 4.90 Å². The molecule has 0 spiro atoms. The van der Waals surface area contributed by atoms with Gasteiger partial charge in [-0.15, -0.1) is 0 Å². The van der Waals surface area contributed by atoms with Gasteiger partial charge >= 0.3 is 12.0 Å². The van der Waals surface area contributed by atoms with Crippen LogP contribution in [0.25, 0.3) is 0 Å². The molecule has 0 aromatic rings. The molecule has 2 N–H and O–H groups in total. The molecule has 2 amide bonds. The van der Waals surface area contributed by atoms with Crippen molar-refractivity contribution in [2.75, 3.05) is 13.1 Å². The number of carboxylic acid groups (broad SMARTS) is 1. The van der Waals surface area contributed by atoms with E-state index in [9.17, 15) is 14.7 Å². The molecule has 2 aliphatic rings. The molecule has 19 heavy (non-hydrogen) atoms. The van der Waals surface area contributed by atoms with Gasteiger partial charge < -0.3 is 15.3 Å². The van der Waals surface area contributed by atoms with Crippen LogP contribution in [-0.2, 0) is 4.79 Å². The second-order valence-electron chi connectivity index (χ2n) is 5.99. The molecular formula is C14H24N2O3. The van der Waals surface area contributed by atoms with Crippen molar-refractivity contribution in [3.05, 3.63) is 0 Å². The molecule has 1 saturated heterocycles. The fraction of sp³-hybridized carbons (Fsp3) is 0.857. The summed E-state index contributed by atoms with van der Waals surface area (Å²) in [5.41, 5.74) is -0.704. The predicted molar refractivity (Wildman–Crippen MR) is 72.0 cm³/mol. The van der Waals surface area contributed by atoms with Crippen LogP contribution < -0.4 is 5.32 Å². The predicted octanol–water partition coefficient (Wildman–Crippen LogP) is 2.22. The number of hydrogen-bond acceptors (Lipinski definition) is 2. The first-order valence-electron chi connectivity index (χ1n) is 7.33. The molecule has 0 radical (unpaired) electrons. The average Bonchev–Trinajstić information content (AvgIpc) is 2.51. The van der Waals surface area contributed by atoms with Gasteiger partial charge in [0.15, 0.2) is 0 Å². The number of aliphatic carboxylic acids is 1. The lowest BCUT2D eigenvalue weighted by molar-refractivity contribution is -0.153. The van der Waals surface area contributed by atoms with Crippen molar-refractivity contribution in [1.29, 1.82) is 0 Å². The second kappa shape index (κ2) is 5.80. The van der Waals surface area contributed by atoms with Crippen molar-refractivity contribution < 1.29 is 14.7 Å². The molecule has 5 nitrogen and oxygen atoms in total. The smallest absolute Gasteiger partial charge is 0.317 e. The monoisotopic (exact) mass is 268 g/mol. The van der Waals surface area contributed by atoms with E-state index in [0.29, 0.717) is 12.8 Å². The Morgan fingerprint density at radius 2 is 2.00 bits per heavy atom. The SMILES string of the molecule is CC1CCCCCN1C(=O)NCC1(C(=O)O)CCC1. The van der Waals surface area contributed by atoms with Crippen molar-refractivity contribution in [2.45, 2.75) is 57.9 Å². The fourth-order valence-corrected chi connectivity index (χ4v) is 2.99. The Balaban J connectivity index is 1.88. The number of nitrogens with zero attached hydrogens (tertiary/aromatic N) is 1. The first-order valence-corrected chi connectivity index (χ1v) is 7.33. The van der Waals surface area contributed by atoms with Crippen LogP contribution in [0.2, 0.25) is 0 Å². The van der Waals surface area contributed by atoms with Crippen LogP contribution in [0.15, 0.2) is 0 Å². The van der Waals surface area contributed by atoms with Crippen molar-refractivity contribution in [1.82, 2.24) is 10.2 Å². The first-order chi connectivity index (χ1) is 9.05. The van der Waals surface area contributed by atoms with E-state index in [1.165, 1.54) is 12.8 Å². The molecule has 1 aliphatic carbocycles. The van der Waals surface area contributed by atoms with Crippen molar-refractivity contribution >= 4 is 12.0 Å². The molecule has 1 heterocycles. The Hall–Kier alpha value is -1.26. The Labute approximate surface area is 114 Å². The number of carbonyl (C=O) groups excluding carboxylic acids is 1.